The van der Waals surface area contributed by atoms with Crippen molar-refractivity contribution in [3.8, 4) is 0 Å². The number of thiophene rings is 1. The number of carbonyl (C=O) groups is 3. The number of carbonyl (C=O) groups excluding carboxylic acids is 3. The molecule has 0 spiro atoms. The molecule has 0 fully saturated rings. The second-order valence-corrected chi connectivity index (χ2v) is 6.32. The molecule has 1 aromatic carbocycles. The maximum atomic E-state index is 12.0. The number of nitrogens with zero attached hydrogens (tertiary/aromatic N) is 1. The Balaban J connectivity index is 2.01. The van der Waals surface area contributed by atoms with Gasteiger partial charge in [-0.1, -0.05) is 18.2 Å². The van der Waals surface area contributed by atoms with Crippen LogP contribution in [0.1, 0.15) is 22.2 Å². The lowest BCUT2D eigenvalue weighted by Crippen LogP contribution is -2.38. The van der Waals surface area contributed by atoms with Gasteiger partial charge in [0.15, 0.2) is 0 Å². The van der Waals surface area contributed by atoms with E-state index in [1.165, 1.54) is 30.3 Å². The zero-order chi connectivity index (χ0) is 18.2. The molecule has 0 aliphatic carbocycles. The highest BCUT2D eigenvalue weighted by molar-refractivity contribution is 7.10. The number of benzene rings is 1. The second kappa shape index (κ2) is 8.98. The summed E-state index contributed by atoms with van der Waals surface area (Å²) >= 11 is 1.52. The Bertz CT molecular complexity index is 743. The van der Waals surface area contributed by atoms with Crippen molar-refractivity contribution in [3.05, 3.63) is 52.2 Å². The Kier molecular flexibility index (Phi) is 6.71. The first-order valence-corrected chi connectivity index (χ1v) is 8.65. The molecule has 0 unspecified atom stereocenters. The molecule has 1 N–H and O–H groups in total. The number of rotatable bonds is 7. The van der Waals surface area contributed by atoms with E-state index in [4.69, 9.17) is 4.74 Å². The molecule has 132 valence electrons. The van der Waals surface area contributed by atoms with Gasteiger partial charge in [0.25, 0.3) is 0 Å². The number of anilines is 1. The Morgan fingerprint density at radius 1 is 1.16 bits per heavy atom. The molecular weight excluding hydrogens is 340 g/mol. The minimum Gasteiger partial charge on any atom is -0.465 e. The standard InChI is InChI=1S/C18H20N2O4S/c1-13(21)20(16-8-4-3-7-15(16)18(23)24-2)10-9-19-17(22)12-14-6-5-11-25-14/h3-8,11H,9-10,12H2,1-2H3,(H,19,22). The van der Waals surface area contributed by atoms with Gasteiger partial charge in [-0.2, -0.15) is 0 Å². The van der Waals surface area contributed by atoms with Crippen LogP contribution in [0.2, 0.25) is 0 Å². The number of amides is 2. The van der Waals surface area contributed by atoms with Crippen LogP contribution < -0.4 is 10.2 Å². The summed E-state index contributed by atoms with van der Waals surface area (Å²) < 4.78 is 4.76. The lowest BCUT2D eigenvalue weighted by molar-refractivity contribution is -0.120. The minimum absolute atomic E-state index is 0.104. The highest BCUT2D eigenvalue weighted by Crippen LogP contribution is 2.21. The number of methoxy groups -OCH3 is 1. The monoisotopic (exact) mass is 360 g/mol. The van der Waals surface area contributed by atoms with Crippen LogP contribution in [0.25, 0.3) is 0 Å². The fourth-order valence-electron chi connectivity index (χ4n) is 2.38. The molecule has 0 radical (unpaired) electrons. The molecule has 7 heteroatoms. The lowest BCUT2D eigenvalue weighted by Gasteiger charge is -2.23. The van der Waals surface area contributed by atoms with Gasteiger partial charge in [-0.15, -0.1) is 11.3 Å². The molecule has 0 aliphatic heterocycles. The van der Waals surface area contributed by atoms with Gasteiger partial charge in [0.2, 0.25) is 11.8 Å². The predicted octanol–water partition coefficient (Wildman–Crippen LogP) is 2.25. The molecule has 6 nitrogen and oxygen atoms in total. The molecule has 25 heavy (non-hydrogen) atoms. The molecule has 2 aromatic rings. The van der Waals surface area contributed by atoms with Crippen molar-refractivity contribution in [2.24, 2.45) is 0 Å². The van der Waals surface area contributed by atoms with Gasteiger partial charge in [0.05, 0.1) is 24.8 Å². The maximum Gasteiger partial charge on any atom is 0.339 e. The second-order valence-electron chi connectivity index (χ2n) is 5.29. The third-order valence-corrected chi connectivity index (χ3v) is 4.43. The Labute approximate surface area is 150 Å². The molecule has 0 aliphatic rings. The summed E-state index contributed by atoms with van der Waals surface area (Å²) in [5, 5.41) is 4.72. The number of hydrogen-bond acceptors (Lipinski definition) is 5. The van der Waals surface area contributed by atoms with Crippen LogP contribution in [0.5, 0.6) is 0 Å². The van der Waals surface area contributed by atoms with Crippen LogP contribution in [0.15, 0.2) is 41.8 Å². The first-order valence-electron chi connectivity index (χ1n) is 7.77. The molecule has 0 saturated carbocycles. The van der Waals surface area contributed by atoms with E-state index in [0.29, 0.717) is 24.2 Å². The summed E-state index contributed by atoms with van der Waals surface area (Å²) in [4.78, 5) is 38.3. The van der Waals surface area contributed by atoms with Crippen molar-refractivity contribution < 1.29 is 19.1 Å². The van der Waals surface area contributed by atoms with E-state index in [2.05, 4.69) is 5.32 Å². The summed E-state index contributed by atoms with van der Waals surface area (Å²) in [5.74, 6) is -0.834. The van der Waals surface area contributed by atoms with Crippen molar-refractivity contribution in [3.63, 3.8) is 0 Å². The largest absolute Gasteiger partial charge is 0.465 e. The zero-order valence-corrected chi connectivity index (χ0v) is 15.0. The fourth-order valence-corrected chi connectivity index (χ4v) is 3.08. The summed E-state index contributed by atoms with van der Waals surface area (Å²) in [7, 11) is 1.29. The van der Waals surface area contributed by atoms with Crippen molar-refractivity contribution in [2.75, 3.05) is 25.1 Å². The summed E-state index contributed by atoms with van der Waals surface area (Å²) in [6, 6.07) is 10.5. The van der Waals surface area contributed by atoms with Crippen molar-refractivity contribution in [1.29, 1.82) is 0 Å². The zero-order valence-electron chi connectivity index (χ0n) is 14.2. The lowest BCUT2D eigenvalue weighted by atomic mass is 10.1. The van der Waals surface area contributed by atoms with Gasteiger partial charge in [-0.05, 0) is 23.6 Å². The van der Waals surface area contributed by atoms with Gasteiger partial charge >= 0.3 is 5.97 Å². The van der Waals surface area contributed by atoms with Crippen LogP contribution in [-0.2, 0) is 20.7 Å². The first-order chi connectivity index (χ1) is 12.0. The number of para-hydroxylation sites is 1. The van der Waals surface area contributed by atoms with E-state index in [1.54, 1.807) is 24.3 Å². The summed E-state index contributed by atoms with van der Waals surface area (Å²) in [5.41, 5.74) is 0.777. The Morgan fingerprint density at radius 2 is 1.92 bits per heavy atom. The molecule has 1 heterocycles. The Morgan fingerprint density at radius 3 is 2.56 bits per heavy atom. The van der Waals surface area contributed by atoms with Crippen LogP contribution in [0.4, 0.5) is 5.69 Å². The Hall–Kier alpha value is -2.67. The van der Waals surface area contributed by atoms with E-state index in [9.17, 15) is 14.4 Å². The molecular formula is C18H20N2O4S. The quantitative estimate of drug-likeness (QED) is 0.769. The van der Waals surface area contributed by atoms with Crippen molar-refractivity contribution in [1.82, 2.24) is 5.32 Å². The average molecular weight is 360 g/mol. The molecule has 2 amide bonds. The highest BCUT2D eigenvalue weighted by Gasteiger charge is 2.19. The van der Waals surface area contributed by atoms with Crippen LogP contribution >= 0.6 is 11.3 Å². The van der Waals surface area contributed by atoms with E-state index < -0.39 is 5.97 Å². The van der Waals surface area contributed by atoms with Gasteiger partial charge < -0.3 is 15.0 Å². The number of hydrogen-bond donors (Lipinski definition) is 1. The minimum atomic E-state index is -0.511. The molecule has 0 atom stereocenters. The predicted molar refractivity (Wildman–Crippen MR) is 96.8 cm³/mol. The van der Waals surface area contributed by atoms with Gasteiger partial charge in [-0.25, -0.2) is 4.79 Å². The SMILES string of the molecule is COC(=O)c1ccccc1N(CCNC(=O)Cc1cccs1)C(C)=O. The molecule has 0 bridgehead atoms. The smallest absolute Gasteiger partial charge is 0.339 e. The highest BCUT2D eigenvalue weighted by atomic mass is 32.1. The van der Waals surface area contributed by atoms with Crippen LogP contribution in [0.3, 0.4) is 0 Å². The first kappa shape index (κ1) is 18.7. The van der Waals surface area contributed by atoms with Crippen LogP contribution in [0, 0.1) is 0 Å². The van der Waals surface area contributed by atoms with E-state index in [-0.39, 0.29) is 18.4 Å². The third-order valence-electron chi connectivity index (χ3n) is 3.55. The van der Waals surface area contributed by atoms with Gasteiger partial charge in [0, 0.05) is 24.9 Å². The number of ether oxygens (including phenoxy) is 1. The molecule has 0 saturated heterocycles. The average Bonchev–Trinajstić information content (AvgIpc) is 3.10. The van der Waals surface area contributed by atoms with Crippen molar-refractivity contribution >= 4 is 34.8 Å². The van der Waals surface area contributed by atoms with E-state index in [0.717, 1.165) is 4.88 Å². The summed E-state index contributed by atoms with van der Waals surface area (Å²) in [6.45, 7) is 1.97. The fraction of sp³-hybridized carbons (Fsp3) is 0.278. The number of nitrogens with one attached hydrogen (secondary N) is 1. The number of esters is 1. The normalized spacial score (nSPS) is 10.2. The van der Waals surface area contributed by atoms with Crippen molar-refractivity contribution in [2.45, 2.75) is 13.3 Å². The van der Waals surface area contributed by atoms with Crippen LogP contribution in [-0.4, -0.2) is 38.0 Å². The third kappa shape index (κ3) is 5.15. The topological polar surface area (TPSA) is 75.7 Å². The van der Waals surface area contributed by atoms with Gasteiger partial charge in [-0.3, -0.25) is 9.59 Å². The molecule has 1 aromatic heterocycles. The van der Waals surface area contributed by atoms with Gasteiger partial charge in [0.1, 0.15) is 0 Å². The maximum absolute atomic E-state index is 12.0. The van der Waals surface area contributed by atoms with E-state index >= 15 is 0 Å². The molecule has 2 rings (SSSR count). The summed E-state index contributed by atoms with van der Waals surface area (Å²) in [6.07, 6.45) is 0.316. The van der Waals surface area contributed by atoms with E-state index in [1.807, 2.05) is 17.5 Å².